The molecule has 2 nitrogen and oxygen atoms in total. The molecular weight excluding hydrogens is 236 g/mol. The van der Waals surface area contributed by atoms with Crippen molar-refractivity contribution in [3.8, 4) is 11.3 Å². The lowest BCUT2D eigenvalue weighted by Gasteiger charge is -2.19. The summed E-state index contributed by atoms with van der Waals surface area (Å²) in [5.74, 6) is -0.977. The van der Waals surface area contributed by atoms with Gasteiger partial charge in [0.15, 0.2) is 5.82 Å². The van der Waals surface area contributed by atoms with Crippen LogP contribution >= 0.6 is 0 Å². The second-order valence-electron chi connectivity index (χ2n) is 4.59. The summed E-state index contributed by atoms with van der Waals surface area (Å²) >= 11 is 0. The van der Waals surface area contributed by atoms with Crippen molar-refractivity contribution in [1.82, 2.24) is 4.98 Å². The summed E-state index contributed by atoms with van der Waals surface area (Å²) in [4.78, 5) is 3.94. The van der Waals surface area contributed by atoms with E-state index < -0.39 is 17.2 Å². The largest absolute Gasteiger partial charge is 0.386 e. The lowest BCUT2D eigenvalue weighted by atomic mass is 9.96. The molecule has 0 bridgehead atoms. The minimum Gasteiger partial charge on any atom is -0.386 e. The minimum absolute atomic E-state index is 0.106. The van der Waals surface area contributed by atoms with Crippen LogP contribution in [0.1, 0.15) is 19.4 Å². The lowest BCUT2D eigenvalue weighted by Crippen LogP contribution is -2.18. The number of hydrogen-bond donors (Lipinski definition) is 1. The molecule has 1 N–H and O–H groups in total. The number of hydrogen-bond acceptors (Lipinski definition) is 2. The number of benzene rings is 1. The van der Waals surface area contributed by atoms with Crippen LogP contribution in [0.3, 0.4) is 0 Å². The van der Waals surface area contributed by atoms with Crippen LogP contribution in [-0.4, -0.2) is 10.1 Å². The normalized spacial score (nSPS) is 11.6. The van der Waals surface area contributed by atoms with Gasteiger partial charge in [-0.15, -0.1) is 0 Å². The van der Waals surface area contributed by atoms with Gasteiger partial charge in [0.25, 0.3) is 0 Å². The molecule has 0 saturated carbocycles. The van der Waals surface area contributed by atoms with Crippen LogP contribution in [0.5, 0.6) is 0 Å². The van der Waals surface area contributed by atoms with Gasteiger partial charge in [-0.1, -0.05) is 0 Å². The number of halogens is 2. The van der Waals surface area contributed by atoms with E-state index in [-0.39, 0.29) is 11.3 Å². The first kappa shape index (κ1) is 12.6. The molecule has 0 atom stereocenters. The van der Waals surface area contributed by atoms with E-state index >= 15 is 0 Å². The minimum atomic E-state index is -1.29. The first-order valence-corrected chi connectivity index (χ1v) is 5.53. The van der Waals surface area contributed by atoms with Crippen molar-refractivity contribution in [2.75, 3.05) is 0 Å². The van der Waals surface area contributed by atoms with Gasteiger partial charge in [-0.25, -0.2) is 8.78 Å². The van der Waals surface area contributed by atoms with E-state index in [0.717, 1.165) is 0 Å². The molecule has 1 heterocycles. The van der Waals surface area contributed by atoms with Gasteiger partial charge < -0.3 is 5.11 Å². The maximum atomic E-state index is 14.2. The highest BCUT2D eigenvalue weighted by Gasteiger charge is 2.23. The zero-order valence-corrected chi connectivity index (χ0v) is 10.1. The van der Waals surface area contributed by atoms with E-state index in [0.29, 0.717) is 5.56 Å². The molecule has 4 heteroatoms. The highest BCUT2D eigenvalue weighted by molar-refractivity contribution is 5.60. The van der Waals surface area contributed by atoms with Gasteiger partial charge in [-0.05, 0) is 44.2 Å². The van der Waals surface area contributed by atoms with Crippen LogP contribution in [0.25, 0.3) is 11.3 Å². The average molecular weight is 249 g/mol. The fourth-order valence-electron chi connectivity index (χ4n) is 1.73. The lowest BCUT2D eigenvalue weighted by molar-refractivity contribution is 0.0745. The molecule has 2 aromatic rings. The summed E-state index contributed by atoms with van der Waals surface area (Å²) in [6, 6.07) is 6.83. The Morgan fingerprint density at radius 3 is 2.22 bits per heavy atom. The van der Waals surface area contributed by atoms with Crippen molar-refractivity contribution in [2.45, 2.75) is 19.4 Å². The van der Waals surface area contributed by atoms with Crippen LogP contribution in [0.2, 0.25) is 0 Å². The van der Waals surface area contributed by atoms with Crippen LogP contribution in [-0.2, 0) is 5.60 Å². The summed E-state index contributed by atoms with van der Waals surface area (Å²) in [5.41, 5.74) is -0.548. The maximum Gasteiger partial charge on any atom is 0.155 e. The second-order valence-corrected chi connectivity index (χ2v) is 4.59. The molecule has 1 aromatic heterocycles. The summed E-state index contributed by atoms with van der Waals surface area (Å²) in [6.07, 6.45) is 1.43. The smallest absolute Gasteiger partial charge is 0.155 e. The van der Waals surface area contributed by atoms with Crippen molar-refractivity contribution in [3.05, 3.63) is 53.7 Å². The number of rotatable bonds is 2. The molecule has 0 aliphatic carbocycles. The van der Waals surface area contributed by atoms with Crippen LogP contribution in [0, 0.1) is 11.6 Å². The molecule has 18 heavy (non-hydrogen) atoms. The first-order chi connectivity index (χ1) is 8.39. The van der Waals surface area contributed by atoms with Crippen LogP contribution in [0.4, 0.5) is 8.78 Å². The van der Waals surface area contributed by atoms with E-state index in [2.05, 4.69) is 4.98 Å². The third kappa shape index (κ3) is 2.38. The highest BCUT2D eigenvalue weighted by Crippen LogP contribution is 2.28. The Labute approximate surface area is 104 Å². The van der Waals surface area contributed by atoms with E-state index in [1.54, 1.807) is 0 Å². The SMILES string of the molecule is CC(C)(O)c1ccnc(-c2ccc(F)cc2)c1F. The molecule has 1 aromatic carbocycles. The molecule has 0 aliphatic heterocycles. The topological polar surface area (TPSA) is 33.1 Å². The molecule has 0 spiro atoms. The summed E-state index contributed by atoms with van der Waals surface area (Å²) in [6.45, 7) is 3.00. The number of nitrogens with zero attached hydrogens (tertiary/aromatic N) is 1. The van der Waals surface area contributed by atoms with Crippen LogP contribution < -0.4 is 0 Å². The zero-order valence-electron chi connectivity index (χ0n) is 10.1. The Kier molecular flexibility index (Phi) is 3.13. The van der Waals surface area contributed by atoms with Crippen molar-refractivity contribution in [1.29, 1.82) is 0 Å². The van der Waals surface area contributed by atoms with Crippen molar-refractivity contribution < 1.29 is 13.9 Å². The summed E-state index contributed by atoms with van der Waals surface area (Å²) in [5, 5.41) is 9.86. The molecule has 0 aliphatic rings. The summed E-state index contributed by atoms with van der Waals surface area (Å²) < 4.78 is 27.1. The Hall–Kier alpha value is -1.81. The Morgan fingerprint density at radius 1 is 1.06 bits per heavy atom. The molecule has 0 saturated heterocycles. The van der Waals surface area contributed by atoms with Crippen LogP contribution in [0.15, 0.2) is 36.5 Å². The quantitative estimate of drug-likeness (QED) is 0.886. The molecule has 2 rings (SSSR count). The van der Waals surface area contributed by atoms with Crippen molar-refractivity contribution in [2.24, 2.45) is 0 Å². The Bertz CT molecular complexity index is 559. The van der Waals surface area contributed by atoms with Gasteiger partial charge in [-0.3, -0.25) is 4.98 Å². The zero-order chi connectivity index (χ0) is 13.3. The molecular formula is C14H13F2NO. The molecule has 0 fully saturated rings. The monoisotopic (exact) mass is 249 g/mol. The van der Waals surface area contributed by atoms with Crippen molar-refractivity contribution >= 4 is 0 Å². The number of aromatic nitrogens is 1. The second kappa shape index (κ2) is 4.46. The fourth-order valence-corrected chi connectivity index (χ4v) is 1.73. The number of aliphatic hydroxyl groups is 1. The average Bonchev–Trinajstić information content (AvgIpc) is 2.29. The van der Waals surface area contributed by atoms with E-state index in [9.17, 15) is 13.9 Å². The van der Waals surface area contributed by atoms with E-state index in [1.807, 2.05) is 0 Å². The third-order valence-electron chi connectivity index (χ3n) is 2.67. The van der Waals surface area contributed by atoms with Gasteiger partial charge in [0.05, 0.1) is 5.60 Å². The van der Waals surface area contributed by atoms with Gasteiger partial charge in [0.1, 0.15) is 11.5 Å². The molecule has 0 amide bonds. The Morgan fingerprint density at radius 2 is 1.67 bits per heavy atom. The fraction of sp³-hybridized carbons (Fsp3) is 0.214. The summed E-state index contributed by atoms with van der Waals surface area (Å²) in [7, 11) is 0. The predicted octanol–water partition coefficient (Wildman–Crippen LogP) is 3.25. The molecule has 0 unspecified atom stereocenters. The van der Waals surface area contributed by atoms with E-state index in [1.165, 1.54) is 50.4 Å². The van der Waals surface area contributed by atoms with Gasteiger partial charge in [0.2, 0.25) is 0 Å². The standard InChI is InChI=1S/C14H13F2NO/c1-14(2,18)11-7-8-17-13(12(11)16)9-3-5-10(15)6-4-9/h3-8,18H,1-2H3. The van der Waals surface area contributed by atoms with Gasteiger partial charge in [-0.2, -0.15) is 0 Å². The molecule has 0 radical (unpaired) electrons. The predicted molar refractivity (Wildman–Crippen MR) is 64.8 cm³/mol. The highest BCUT2D eigenvalue weighted by atomic mass is 19.1. The van der Waals surface area contributed by atoms with Gasteiger partial charge in [0, 0.05) is 17.3 Å². The van der Waals surface area contributed by atoms with E-state index in [4.69, 9.17) is 0 Å². The number of pyridine rings is 1. The maximum absolute atomic E-state index is 14.2. The first-order valence-electron chi connectivity index (χ1n) is 5.53. The van der Waals surface area contributed by atoms with Crippen molar-refractivity contribution in [3.63, 3.8) is 0 Å². The Balaban J connectivity index is 2.56. The van der Waals surface area contributed by atoms with Gasteiger partial charge >= 0.3 is 0 Å². The third-order valence-corrected chi connectivity index (χ3v) is 2.67. The molecule has 94 valence electrons.